The van der Waals surface area contributed by atoms with Gasteiger partial charge < -0.3 is 9.64 Å². The van der Waals surface area contributed by atoms with E-state index in [0.717, 1.165) is 51.7 Å². The van der Waals surface area contributed by atoms with E-state index in [9.17, 15) is 0 Å². The first-order valence-electron chi connectivity index (χ1n) is 7.97. The van der Waals surface area contributed by atoms with Gasteiger partial charge in [-0.3, -0.25) is 5.10 Å². The average Bonchev–Trinajstić information content (AvgIpc) is 3.10. The summed E-state index contributed by atoms with van der Waals surface area (Å²) in [6, 6.07) is 2.38. The van der Waals surface area contributed by atoms with E-state index in [2.05, 4.69) is 49.1 Å². The third-order valence-corrected chi connectivity index (χ3v) is 5.02. The van der Waals surface area contributed by atoms with E-state index >= 15 is 0 Å². The molecule has 4 rings (SSSR count). The molecule has 3 aromatic heterocycles. The van der Waals surface area contributed by atoms with Crippen molar-refractivity contribution >= 4 is 27.4 Å². The first-order valence-corrected chi connectivity index (χ1v) is 8.76. The third-order valence-electron chi connectivity index (χ3n) is 4.46. The Morgan fingerprint density at radius 3 is 2.92 bits per heavy atom. The van der Waals surface area contributed by atoms with Crippen molar-refractivity contribution < 1.29 is 4.74 Å². The van der Waals surface area contributed by atoms with Gasteiger partial charge in [-0.25, -0.2) is 9.50 Å². The van der Waals surface area contributed by atoms with Crippen LogP contribution >= 0.6 is 15.9 Å². The number of morpholine rings is 1. The monoisotopic (exact) mass is 390 g/mol. The molecule has 0 amide bonds. The van der Waals surface area contributed by atoms with Crippen LogP contribution in [0.3, 0.4) is 0 Å². The van der Waals surface area contributed by atoms with Gasteiger partial charge in [0.25, 0.3) is 0 Å². The van der Waals surface area contributed by atoms with Gasteiger partial charge in [-0.1, -0.05) is 0 Å². The maximum atomic E-state index is 5.56. The number of H-pyrrole nitrogens is 1. The van der Waals surface area contributed by atoms with Crippen LogP contribution in [0.1, 0.15) is 18.3 Å². The molecule has 0 spiro atoms. The lowest BCUT2D eigenvalue weighted by Crippen LogP contribution is -2.44. The predicted octanol–water partition coefficient (Wildman–Crippen LogP) is 2.72. The number of halogens is 1. The molecule has 1 aliphatic heterocycles. The molecule has 4 heterocycles. The molecule has 0 radical (unpaired) electrons. The Balaban J connectivity index is 1.95. The molecular weight excluding hydrogens is 372 g/mol. The Kier molecular flexibility index (Phi) is 3.80. The molecule has 126 valence electrons. The Bertz CT molecular complexity index is 882. The lowest BCUT2D eigenvalue weighted by molar-refractivity contribution is 0.0985. The molecule has 0 bridgehead atoms. The van der Waals surface area contributed by atoms with Crippen LogP contribution in [0.4, 0.5) is 5.82 Å². The van der Waals surface area contributed by atoms with Crippen molar-refractivity contribution in [1.82, 2.24) is 24.8 Å². The highest BCUT2D eigenvalue weighted by Gasteiger charge is 2.24. The molecule has 1 atom stereocenters. The number of rotatable bonds is 2. The fraction of sp³-hybridized carbons (Fsp3) is 0.438. The standard InChI is InChI=1S/C16H19BrN6O/c1-9-8-24-5-4-22(9)14-6-13(15-10(2)20-21-11(15)3)23-16(19-14)12(17)7-18-23/h6-7,9H,4-5,8H2,1-3H3,(H,20,21)/t9-/m1/s1. The van der Waals surface area contributed by atoms with Crippen molar-refractivity contribution in [2.24, 2.45) is 0 Å². The van der Waals surface area contributed by atoms with Crippen LogP contribution < -0.4 is 4.90 Å². The van der Waals surface area contributed by atoms with Gasteiger partial charge in [-0.15, -0.1) is 0 Å². The largest absolute Gasteiger partial charge is 0.377 e. The number of fused-ring (bicyclic) bond motifs is 1. The predicted molar refractivity (Wildman–Crippen MR) is 95.4 cm³/mol. The number of nitrogens with zero attached hydrogens (tertiary/aromatic N) is 5. The Morgan fingerprint density at radius 1 is 1.38 bits per heavy atom. The Morgan fingerprint density at radius 2 is 2.21 bits per heavy atom. The first-order chi connectivity index (χ1) is 11.6. The van der Waals surface area contributed by atoms with Gasteiger partial charge in [0.2, 0.25) is 0 Å². The number of hydrogen-bond acceptors (Lipinski definition) is 5. The smallest absolute Gasteiger partial charge is 0.172 e. The number of anilines is 1. The molecule has 0 aliphatic carbocycles. The summed E-state index contributed by atoms with van der Waals surface area (Å²) in [4.78, 5) is 7.12. The van der Waals surface area contributed by atoms with Gasteiger partial charge in [0.05, 0.1) is 41.3 Å². The van der Waals surface area contributed by atoms with Gasteiger partial charge in [0.1, 0.15) is 5.82 Å². The van der Waals surface area contributed by atoms with Crippen LogP contribution in [0.25, 0.3) is 16.9 Å². The summed E-state index contributed by atoms with van der Waals surface area (Å²) < 4.78 is 8.30. The fourth-order valence-electron chi connectivity index (χ4n) is 3.24. The molecule has 1 aliphatic rings. The number of aryl methyl sites for hydroxylation is 2. The molecular formula is C16H19BrN6O. The fourth-order valence-corrected chi connectivity index (χ4v) is 3.59. The molecule has 8 heteroatoms. The highest BCUT2D eigenvalue weighted by atomic mass is 79.9. The quantitative estimate of drug-likeness (QED) is 0.728. The second-order valence-corrected chi connectivity index (χ2v) is 7.01. The zero-order valence-electron chi connectivity index (χ0n) is 13.9. The van der Waals surface area contributed by atoms with Crippen molar-refractivity contribution in [1.29, 1.82) is 0 Å². The summed E-state index contributed by atoms with van der Waals surface area (Å²) in [6.07, 6.45) is 1.78. The molecule has 0 saturated carbocycles. The number of nitrogens with one attached hydrogen (secondary N) is 1. The van der Waals surface area contributed by atoms with Crippen LogP contribution in [0.5, 0.6) is 0 Å². The first kappa shape index (κ1) is 15.6. The molecule has 1 fully saturated rings. The summed E-state index contributed by atoms with van der Waals surface area (Å²) in [5.74, 6) is 0.939. The van der Waals surface area contributed by atoms with E-state index in [4.69, 9.17) is 9.72 Å². The van der Waals surface area contributed by atoms with Crippen LogP contribution in [-0.4, -0.2) is 50.6 Å². The third kappa shape index (κ3) is 2.41. The van der Waals surface area contributed by atoms with Crippen molar-refractivity contribution in [3.63, 3.8) is 0 Å². The Hall–Kier alpha value is -1.93. The molecule has 0 aromatic carbocycles. The number of hydrogen-bond donors (Lipinski definition) is 1. The normalized spacial score (nSPS) is 18.5. The van der Waals surface area contributed by atoms with E-state index in [0.29, 0.717) is 6.61 Å². The zero-order chi connectivity index (χ0) is 16.8. The summed E-state index contributed by atoms with van der Waals surface area (Å²) in [5, 5.41) is 11.9. The zero-order valence-corrected chi connectivity index (χ0v) is 15.5. The van der Waals surface area contributed by atoms with Crippen LogP contribution in [0.15, 0.2) is 16.7 Å². The topological polar surface area (TPSA) is 71.3 Å². The molecule has 1 N–H and O–H groups in total. The van der Waals surface area contributed by atoms with Gasteiger partial charge >= 0.3 is 0 Å². The van der Waals surface area contributed by atoms with Crippen molar-refractivity contribution in [2.75, 3.05) is 24.7 Å². The summed E-state index contributed by atoms with van der Waals surface area (Å²) in [6.45, 7) is 8.45. The molecule has 3 aromatic rings. The maximum absolute atomic E-state index is 5.56. The average molecular weight is 391 g/mol. The van der Waals surface area contributed by atoms with Crippen molar-refractivity contribution in [3.05, 3.63) is 28.1 Å². The molecule has 7 nitrogen and oxygen atoms in total. The van der Waals surface area contributed by atoms with E-state index in [1.165, 1.54) is 0 Å². The lowest BCUT2D eigenvalue weighted by Gasteiger charge is -2.34. The number of aromatic amines is 1. The summed E-state index contributed by atoms with van der Waals surface area (Å²) in [7, 11) is 0. The lowest BCUT2D eigenvalue weighted by atomic mass is 10.1. The highest BCUT2D eigenvalue weighted by molar-refractivity contribution is 9.10. The van der Waals surface area contributed by atoms with Gasteiger partial charge in [0, 0.05) is 23.9 Å². The minimum Gasteiger partial charge on any atom is -0.377 e. The number of ether oxygens (including phenoxy) is 1. The SMILES string of the molecule is Cc1n[nH]c(C)c1-c1cc(N2CCOC[C@H]2C)nc2c(Br)cnn12. The minimum absolute atomic E-state index is 0.287. The summed E-state index contributed by atoms with van der Waals surface area (Å²) >= 11 is 3.56. The van der Waals surface area contributed by atoms with E-state index in [1.54, 1.807) is 6.20 Å². The van der Waals surface area contributed by atoms with Gasteiger partial charge in [-0.05, 0) is 36.7 Å². The molecule has 1 saturated heterocycles. The molecule has 0 unspecified atom stereocenters. The van der Waals surface area contributed by atoms with Crippen molar-refractivity contribution in [2.45, 2.75) is 26.8 Å². The molecule has 24 heavy (non-hydrogen) atoms. The Labute approximate surface area is 148 Å². The van der Waals surface area contributed by atoms with E-state index in [1.807, 2.05) is 18.4 Å². The van der Waals surface area contributed by atoms with Crippen LogP contribution in [-0.2, 0) is 4.74 Å². The van der Waals surface area contributed by atoms with Gasteiger partial charge in [0.15, 0.2) is 5.65 Å². The van der Waals surface area contributed by atoms with Crippen molar-refractivity contribution in [3.8, 4) is 11.3 Å². The van der Waals surface area contributed by atoms with E-state index < -0.39 is 0 Å². The second kappa shape index (κ2) is 5.86. The van der Waals surface area contributed by atoms with Crippen LogP contribution in [0.2, 0.25) is 0 Å². The minimum atomic E-state index is 0.287. The highest BCUT2D eigenvalue weighted by Crippen LogP contribution is 2.31. The second-order valence-electron chi connectivity index (χ2n) is 6.15. The summed E-state index contributed by atoms with van der Waals surface area (Å²) in [5.41, 5.74) is 4.84. The maximum Gasteiger partial charge on any atom is 0.172 e. The van der Waals surface area contributed by atoms with Gasteiger partial charge in [-0.2, -0.15) is 10.2 Å². The number of aromatic nitrogens is 5. The van der Waals surface area contributed by atoms with Crippen LogP contribution in [0, 0.1) is 13.8 Å². The van der Waals surface area contributed by atoms with E-state index in [-0.39, 0.29) is 6.04 Å².